The van der Waals surface area contributed by atoms with E-state index in [9.17, 15) is 4.79 Å². The number of carbonyl (C=O) groups excluding carboxylic acids is 1. The van der Waals surface area contributed by atoms with E-state index in [4.69, 9.17) is 5.11 Å². The number of aliphatic hydroxyl groups is 1. The van der Waals surface area contributed by atoms with Crippen molar-refractivity contribution in [3.63, 3.8) is 0 Å². The normalized spacial score (nSPS) is 16.9. The van der Waals surface area contributed by atoms with Crippen LogP contribution in [0.25, 0.3) is 0 Å². The second-order valence-electron chi connectivity index (χ2n) is 3.43. The summed E-state index contributed by atoms with van der Waals surface area (Å²) in [6.45, 7) is 0. The van der Waals surface area contributed by atoms with Gasteiger partial charge in [0.25, 0.3) is 0 Å². The molecule has 0 bridgehead atoms. The minimum absolute atomic E-state index is 0.0359. The standard InChI is InChI=1S/C6H12O.C5H4O2/c7-6-4-2-1-3-5-6;6-4-5-2-1-3-7-5/h6-7H,1-5H2;1-4H. The number of carbonyl (C=O) groups is 1. The molecule has 0 saturated heterocycles. The van der Waals surface area contributed by atoms with Crippen molar-refractivity contribution < 1.29 is 14.3 Å². The third-order valence-corrected chi connectivity index (χ3v) is 2.23. The molecular formula is C11H16O3. The molecule has 1 heterocycles. The number of furan rings is 1. The summed E-state index contributed by atoms with van der Waals surface area (Å²) in [4.78, 5) is 9.77. The molecule has 14 heavy (non-hydrogen) atoms. The molecule has 0 spiro atoms. The van der Waals surface area contributed by atoms with Gasteiger partial charge in [-0.25, -0.2) is 0 Å². The zero-order chi connectivity index (χ0) is 10.2. The fourth-order valence-corrected chi connectivity index (χ4v) is 1.44. The van der Waals surface area contributed by atoms with Crippen LogP contribution in [0.2, 0.25) is 0 Å². The van der Waals surface area contributed by atoms with E-state index in [1.807, 2.05) is 0 Å². The first-order valence-corrected chi connectivity index (χ1v) is 4.99. The average Bonchev–Trinajstić information content (AvgIpc) is 2.72. The maximum Gasteiger partial charge on any atom is 0.185 e. The van der Waals surface area contributed by atoms with E-state index in [0.717, 1.165) is 12.8 Å². The Bertz CT molecular complexity index is 235. The molecule has 0 unspecified atom stereocenters. The van der Waals surface area contributed by atoms with Crippen LogP contribution in [0.4, 0.5) is 0 Å². The number of aliphatic hydroxyl groups excluding tert-OH is 1. The van der Waals surface area contributed by atoms with E-state index in [-0.39, 0.29) is 6.10 Å². The van der Waals surface area contributed by atoms with Crippen molar-refractivity contribution >= 4 is 6.29 Å². The Morgan fingerprint density at radius 3 is 2.36 bits per heavy atom. The van der Waals surface area contributed by atoms with Crippen molar-refractivity contribution in [3.8, 4) is 0 Å². The molecule has 1 aliphatic carbocycles. The molecule has 0 amide bonds. The largest absolute Gasteiger partial charge is 0.462 e. The molecule has 0 aliphatic heterocycles. The van der Waals surface area contributed by atoms with Gasteiger partial charge >= 0.3 is 0 Å². The van der Waals surface area contributed by atoms with Crippen molar-refractivity contribution in [1.82, 2.24) is 0 Å². The van der Waals surface area contributed by atoms with Crippen molar-refractivity contribution in [2.24, 2.45) is 0 Å². The minimum Gasteiger partial charge on any atom is -0.462 e. The highest BCUT2D eigenvalue weighted by Crippen LogP contribution is 2.16. The molecule has 3 nitrogen and oxygen atoms in total. The van der Waals surface area contributed by atoms with Gasteiger partial charge in [0, 0.05) is 0 Å². The summed E-state index contributed by atoms with van der Waals surface area (Å²) in [5.41, 5.74) is 0. The van der Waals surface area contributed by atoms with Crippen LogP contribution in [0, 0.1) is 0 Å². The van der Waals surface area contributed by atoms with Gasteiger partial charge in [-0.2, -0.15) is 0 Å². The Hall–Kier alpha value is -1.09. The first-order chi connectivity index (χ1) is 6.83. The Labute approximate surface area is 83.7 Å². The van der Waals surface area contributed by atoms with Gasteiger partial charge in [0.1, 0.15) is 0 Å². The van der Waals surface area contributed by atoms with Gasteiger partial charge in [0.05, 0.1) is 12.4 Å². The zero-order valence-electron chi connectivity index (χ0n) is 8.19. The Morgan fingerprint density at radius 1 is 1.36 bits per heavy atom. The first kappa shape index (κ1) is 11.0. The number of aldehydes is 1. The number of hydrogen-bond donors (Lipinski definition) is 1. The van der Waals surface area contributed by atoms with E-state index >= 15 is 0 Å². The lowest BCUT2D eigenvalue weighted by Gasteiger charge is -2.14. The molecule has 0 aromatic carbocycles. The average molecular weight is 196 g/mol. The Balaban J connectivity index is 0.000000140. The summed E-state index contributed by atoms with van der Waals surface area (Å²) in [6.07, 6.45) is 8.05. The molecule has 3 heteroatoms. The van der Waals surface area contributed by atoms with Gasteiger partial charge in [0.15, 0.2) is 12.0 Å². The highest BCUT2D eigenvalue weighted by molar-refractivity contribution is 5.69. The fourth-order valence-electron chi connectivity index (χ4n) is 1.44. The van der Waals surface area contributed by atoms with Gasteiger partial charge < -0.3 is 9.52 Å². The van der Waals surface area contributed by atoms with Crippen LogP contribution < -0.4 is 0 Å². The van der Waals surface area contributed by atoms with E-state index in [1.165, 1.54) is 25.5 Å². The van der Waals surface area contributed by atoms with Crippen LogP contribution >= 0.6 is 0 Å². The van der Waals surface area contributed by atoms with Crippen LogP contribution in [0.15, 0.2) is 22.8 Å². The van der Waals surface area contributed by atoms with E-state index in [1.54, 1.807) is 12.1 Å². The summed E-state index contributed by atoms with van der Waals surface area (Å²) < 4.78 is 4.61. The summed E-state index contributed by atoms with van der Waals surface area (Å²) >= 11 is 0. The smallest absolute Gasteiger partial charge is 0.185 e. The SMILES string of the molecule is O=Cc1ccco1.OC1CCCCC1. The second-order valence-corrected chi connectivity index (χ2v) is 3.43. The number of hydrogen-bond acceptors (Lipinski definition) is 3. The van der Waals surface area contributed by atoms with Crippen LogP contribution in [0.1, 0.15) is 42.7 Å². The third-order valence-electron chi connectivity index (χ3n) is 2.23. The zero-order valence-corrected chi connectivity index (χ0v) is 8.19. The molecule has 0 atom stereocenters. The lowest BCUT2D eigenvalue weighted by atomic mass is 9.98. The molecule has 78 valence electrons. The quantitative estimate of drug-likeness (QED) is 0.702. The molecular weight excluding hydrogens is 180 g/mol. The van der Waals surface area contributed by atoms with Crippen LogP contribution in [-0.4, -0.2) is 17.5 Å². The lowest BCUT2D eigenvalue weighted by molar-refractivity contribution is 0.110. The Kier molecular flexibility index (Phi) is 5.00. The molecule has 1 saturated carbocycles. The Morgan fingerprint density at radius 2 is 2.07 bits per heavy atom. The van der Waals surface area contributed by atoms with Crippen molar-refractivity contribution in [1.29, 1.82) is 0 Å². The topological polar surface area (TPSA) is 50.4 Å². The summed E-state index contributed by atoms with van der Waals surface area (Å²) in [6, 6.07) is 3.27. The van der Waals surface area contributed by atoms with Gasteiger partial charge in [0.2, 0.25) is 0 Å². The third kappa shape index (κ3) is 4.23. The van der Waals surface area contributed by atoms with Gasteiger partial charge in [-0.3, -0.25) is 4.79 Å². The fraction of sp³-hybridized carbons (Fsp3) is 0.545. The van der Waals surface area contributed by atoms with Gasteiger partial charge in [-0.05, 0) is 25.0 Å². The highest BCUT2D eigenvalue weighted by Gasteiger charge is 2.07. The van der Waals surface area contributed by atoms with E-state index < -0.39 is 0 Å². The van der Waals surface area contributed by atoms with Gasteiger partial charge in [-0.1, -0.05) is 19.3 Å². The minimum atomic E-state index is 0.0359. The predicted octanol–water partition coefficient (Wildman–Crippen LogP) is 2.40. The maximum atomic E-state index is 9.77. The van der Waals surface area contributed by atoms with Crippen molar-refractivity contribution in [2.45, 2.75) is 38.2 Å². The molecule has 1 fully saturated rings. The summed E-state index contributed by atoms with van der Waals surface area (Å²) in [5.74, 6) is 0.375. The van der Waals surface area contributed by atoms with Crippen LogP contribution in [0.3, 0.4) is 0 Å². The molecule has 1 aliphatic rings. The second kappa shape index (κ2) is 6.38. The number of rotatable bonds is 1. The summed E-state index contributed by atoms with van der Waals surface area (Å²) in [5, 5.41) is 8.91. The maximum absolute atomic E-state index is 9.77. The van der Waals surface area contributed by atoms with Crippen molar-refractivity contribution in [3.05, 3.63) is 24.2 Å². The first-order valence-electron chi connectivity index (χ1n) is 4.99. The lowest BCUT2D eigenvalue weighted by Crippen LogP contribution is -2.09. The predicted molar refractivity (Wildman–Crippen MR) is 53.2 cm³/mol. The molecule has 0 radical (unpaired) electrons. The molecule has 1 aromatic heterocycles. The molecule has 1 aromatic rings. The monoisotopic (exact) mass is 196 g/mol. The highest BCUT2D eigenvalue weighted by atomic mass is 16.3. The molecule has 1 N–H and O–H groups in total. The van der Waals surface area contributed by atoms with E-state index in [0.29, 0.717) is 12.0 Å². The summed E-state index contributed by atoms with van der Waals surface area (Å²) in [7, 11) is 0. The molecule has 2 rings (SSSR count). The van der Waals surface area contributed by atoms with Crippen LogP contribution in [-0.2, 0) is 0 Å². The van der Waals surface area contributed by atoms with Crippen molar-refractivity contribution in [2.75, 3.05) is 0 Å². The van der Waals surface area contributed by atoms with Crippen LogP contribution in [0.5, 0.6) is 0 Å². The van der Waals surface area contributed by atoms with Gasteiger partial charge in [-0.15, -0.1) is 0 Å². The van der Waals surface area contributed by atoms with E-state index in [2.05, 4.69) is 4.42 Å².